The zero-order chi connectivity index (χ0) is 30.4. The van der Waals surface area contributed by atoms with Crippen molar-refractivity contribution in [3.63, 3.8) is 0 Å². The molecule has 2 aliphatic rings. The number of nitrogens with one attached hydrogen (secondary N) is 1. The van der Waals surface area contributed by atoms with Gasteiger partial charge in [-0.25, -0.2) is 14.1 Å². The first-order valence-corrected chi connectivity index (χ1v) is 16.2. The molecule has 0 spiro atoms. The van der Waals surface area contributed by atoms with Crippen molar-refractivity contribution in [1.82, 2.24) is 24.6 Å². The maximum atomic E-state index is 13.6. The number of aromatic nitrogens is 4. The number of rotatable bonds is 12. The van der Waals surface area contributed by atoms with Crippen LogP contribution in [0, 0.1) is 5.92 Å². The lowest BCUT2D eigenvalue weighted by molar-refractivity contribution is -0.149. The molecular formula is C23H29ClN6O10P2. The number of aliphatic hydroxyl groups excluding tert-OH is 1. The molecule has 0 radical (unpaired) electrons. The van der Waals surface area contributed by atoms with Crippen molar-refractivity contribution in [2.75, 3.05) is 12.3 Å². The summed E-state index contributed by atoms with van der Waals surface area (Å²) in [7, 11) is -9.82. The molecule has 5 rings (SSSR count). The molecule has 1 aliphatic carbocycles. The van der Waals surface area contributed by atoms with Crippen LogP contribution in [0.4, 0.5) is 5.82 Å². The number of halogens is 1. The Labute approximate surface area is 244 Å². The summed E-state index contributed by atoms with van der Waals surface area (Å²) in [4.78, 5) is 35.0. The number of imidazole rings is 1. The van der Waals surface area contributed by atoms with Gasteiger partial charge in [-0.15, -0.1) is 0 Å². The predicted molar refractivity (Wildman–Crippen MR) is 147 cm³/mol. The number of para-hydroxylation sites is 1. The molecule has 7 unspecified atom stereocenters. The van der Waals surface area contributed by atoms with Gasteiger partial charge >= 0.3 is 21.5 Å². The molecule has 1 saturated carbocycles. The van der Waals surface area contributed by atoms with E-state index in [1.54, 1.807) is 36.6 Å². The van der Waals surface area contributed by atoms with Gasteiger partial charge in [-0.1, -0.05) is 18.2 Å². The molecular weight excluding hydrogens is 618 g/mol. The summed E-state index contributed by atoms with van der Waals surface area (Å²) in [6.07, 6.45) is -1.59. The van der Waals surface area contributed by atoms with Crippen molar-refractivity contribution in [1.29, 1.82) is 0 Å². The summed E-state index contributed by atoms with van der Waals surface area (Å²) in [5.41, 5.74) is 6.58. The van der Waals surface area contributed by atoms with Gasteiger partial charge < -0.3 is 34.3 Å². The monoisotopic (exact) mass is 646 g/mol. The highest BCUT2D eigenvalue weighted by molar-refractivity contribution is 7.63. The minimum absolute atomic E-state index is 0.0266. The van der Waals surface area contributed by atoms with E-state index < -0.39 is 64.5 Å². The van der Waals surface area contributed by atoms with Crippen LogP contribution in [0.3, 0.4) is 0 Å². The van der Waals surface area contributed by atoms with Crippen LogP contribution in [-0.2, 0) is 32.2 Å². The number of nitrogen functional groups attached to an aromatic ring is 1. The number of ether oxygens (including phenoxy) is 2. The number of phosphoric acid groups is 1. The van der Waals surface area contributed by atoms with Crippen LogP contribution in [-0.4, -0.2) is 72.6 Å². The first-order valence-electron chi connectivity index (χ1n) is 12.8. The third-order valence-electron chi connectivity index (χ3n) is 6.46. The number of nitrogens with two attached hydrogens (primary N) is 1. The standard InChI is InChI=1S/C23H29ClN6O10P2/c1-11(2)37-22(32)12(3)29-41(33,39-13-7-5-4-6-8-13)40-42(34,35)36-9-14-18(31)15-17(19(15)38-14)30-10-26-16-20(25)27-23(24)28-21(16)30/h4-8,10-12,14-15,17-19,31H,9H2,1-3H3,(H,29,33)(H,34,35)(H2,25,27,28)/t12-,14?,15?,17?,18?,19?,41?/m0/s1. The molecule has 1 saturated heterocycles. The molecule has 0 amide bonds. The van der Waals surface area contributed by atoms with E-state index in [1.165, 1.54) is 25.4 Å². The summed E-state index contributed by atoms with van der Waals surface area (Å²) < 4.78 is 54.4. The van der Waals surface area contributed by atoms with Crippen molar-refractivity contribution >= 4 is 50.1 Å². The van der Waals surface area contributed by atoms with Crippen LogP contribution in [0.1, 0.15) is 26.8 Å². The minimum atomic E-state index is -5.11. The molecule has 228 valence electrons. The highest BCUT2D eigenvalue weighted by Gasteiger charge is 2.65. The molecule has 3 heterocycles. The molecule has 0 bridgehead atoms. The summed E-state index contributed by atoms with van der Waals surface area (Å²) in [6.45, 7) is 3.98. The molecule has 5 N–H and O–H groups in total. The molecule has 16 nitrogen and oxygen atoms in total. The molecule has 8 atom stereocenters. The van der Waals surface area contributed by atoms with E-state index in [1.807, 2.05) is 0 Å². The molecule has 1 aliphatic heterocycles. The van der Waals surface area contributed by atoms with Crippen LogP contribution in [0.2, 0.25) is 5.28 Å². The first-order chi connectivity index (χ1) is 19.8. The predicted octanol–water partition coefficient (Wildman–Crippen LogP) is 2.61. The first kappa shape index (κ1) is 30.8. The second-order valence-electron chi connectivity index (χ2n) is 9.98. The minimum Gasteiger partial charge on any atom is -0.462 e. The van der Waals surface area contributed by atoms with Gasteiger partial charge in [-0.2, -0.15) is 19.4 Å². The summed E-state index contributed by atoms with van der Waals surface area (Å²) in [5, 5.41) is 13.1. The SMILES string of the molecule is CC(C)OC(=O)[C@H](C)NP(=O)(Oc1ccccc1)OP(=O)(O)OCC1OC2C(C1O)C2n1cnc2c(N)nc(Cl)nc21. The number of hydrogen-bond acceptors (Lipinski definition) is 13. The number of fused-ring (bicyclic) bond motifs is 2. The number of anilines is 1. The van der Waals surface area contributed by atoms with Crippen molar-refractivity contribution < 1.29 is 46.8 Å². The van der Waals surface area contributed by atoms with Crippen LogP contribution in [0.25, 0.3) is 11.2 Å². The van der Waals surface area contributed by atoms with Crippen LogP contribution in [0.15, 0.2) is 36.7 Å². The van der Waals surface area contributed by atoms with E-state index in [2.05, 4.69) is 20.0 Å². The second kappa shape index (κ2) is 11.8. The maximum absolute atomic E-state index is 13.6. The van der Waals surface area contributed by atoms with E-state index in [-0.39, 0.29) is 22.9 Å². The largest absolute Gasteiger partial charge is 0.481 e. The number of benzene rings is 1. The number of carbonyl (C=O) groups excluding carboxylic acids is 1. The lowest BCUT2D eigenvalue weighted by atomic mass is 10.1. The van der Waals surface area contributed by atoms with Gasteiger partial charge in [0, 0.05) is 5.92 Å². The Kier molecular flexibility index (Phi) is 8.65. The van der Waals surface area contributed by atoms with Gasteiger partial charge in [0.2, 0.25) is 5.28 Å². The molecule has 2 aromatic heterocycles. The zero-order valence-electron chi connectivity index (χ0n) is 22.5. The summed E-state index contributed by atoms with van der Waals surface area (Å²) >= 11 is 5.93. The van der Waals surface area contributed by atoms with Crippen molar-refractivity contribution in [3.05, 3.63) is 41.9 Å². The fourth-order valence-electron chi connectivity index (χ4n) is 4.64. The van der Waals surface area contributed by atoms with Gasteiger partial charge in [-0.05, 0) is 44.5 Å². The van der Waals surface area contributed by atoms with E-state index in [0.717, 1.165) is 0 Å². The molecule has 42 heavy (non-hydrogen) atoms. The lowest BCUT2D eigenvalue weighted by Gasteiger charge is -2.25. The number of carbonyl (C=O) groups is 1. The Morgan fingerprint density at radius 1 is 1.24 bits per heavy atom. The van der Waals surface area contributed by atoms with Crippen LogP contribution < -0.4 is 15.3 Å². The third kappa shape index (κ3) is 6.62. The Balaban J connectivity index is 1.23. The van der Waals surface area contributed by atoms with E-state index >= 15 is 0 Å². The van der Waals surface area contributed by atoms with E-state index in [4.69, 9.17) is 40.2 Å². The normalized spacial score (nSPS) is 26.8. The van der Waals surface area contributed by atoms with Crippen molar-refractivity contribution in [3.8, 4) is 5.75 Å². The van der Waals surface area contributed by atoms with Gasteiger partial charge in [-0.3, -0.25) is 9.32 Å². The quantitative estimate of drug-likeness (QED) is 0.126. The molecule has 2 fully saturated rings. The van der Waals surface area contributed by atoms with Crippen molar-refractivity contribution in [2.45, 2.75) is 57.3 Å². The maximum Gasteiger partial charge on any atom is 0.481 e. The average molecular weight is 647 g/mol. The Bertz CT molecular complexity index is 1560. The fraction of sp³-hybridized carbons (Fsp3) is 0.478. The number of hydrogen-bond donors (Lipinski definition) is 4. The molecule has 19 heteroatoms. The number of esters is 1. The Morgan fingerprint density at radius 3 is 2.60 bits per heavy atom. The van der Waals surface area contributed by atoms with Gasteiger partial charge in [0.05, 0.1) is 37.3 Å². The fourth-order valence-corrected chi connectivity index (χ4v) is 7.77. The number of nitrogens with zero attached hydrogens (tertiary/aromatic N) is 4. The number of phosphoric ester groups is 1. The van der Waals surface area contributed by atoms with Gasteiger partial charge in [0.15, 0.2) is 11.5 Å². The summed E-state index contributed by atoms with van der Waals surface area (Å²) in [6, 6.07) is 6.09. The molecule has 3 aromatic rings. The number of aliphatic hydroxyl groups is 1. The van der Waals surface area contributed by atoms with Crippen LogP contribution >= 0.6 is 27.2 Å². The van der Waals surface area contributed by atoms with Crippen LogP contribution in [0.5, 0.6) is 5.75 Å². The topological polar surface area (TPSA) is 219 Å². The highest BCUT2D eigenvalue weighted by Crippen LogP contribution is 2.61. The second-order valence-corrected chi connectivity index (χ2v) is 13.6. The van der Waals surface area contributed by atoms with E-state index in [0.29, 0.717) is 11.2 Å². The summed E-state index contributed by atoms with van der Waals surface area (Å²) in [5.74, 6) is -1.07. The Morgan fingerprint density at radius 2 is 1.95 bits per heavy atom. The third-order valence-corrected chi connectivity index (χ3v) is 9.94. The van der Waals surface area contributed by atoms with Crippen molar-refractivity contribution in [2.24, 2.45) is 5.92 Å². The lowest BCUT2D eigenvalue weighted by Crippen LogP contribution is -2.36. The van der Waals surface area contributed by atoms with E-state index in [9.17, 15) is 23.9 Å². The zero-order valence-corrected chi connectivity index (χ0v) is 25.1. The van der Waals surface area contributed by atoms with Gasteiger partial charge in [0.25, 0.3) is 0 Å². The smallest absolute Gasteiger partial charge is 0.462 e. The highest BCUT2D eigenvalue weighted by atomic mass is 35.5. The molecule has 1 aromatic carbocycles. The van der Waals surface area contributed by atoms with Gasteiger partial charge in [0.1, 0.15) is 23.4 Å². The average Bonchev–Trinajstić information content (AvgIpc) is 3.25. The Hall–Kier alpha value is -2.65.